The van der Waals surface area contributed by atoms with Crippen LogP contribution >= 0.6 is 0 Å². The number of aryl methyl sites for hydroxylation is 2. The molecule has 68 valence electrons. The van der Waals surface area contributed by atoms with Crippen molar-refractivity contribution >= 4 is 0 Å². The van der Waals surface area contributed by atoms with Crippen LogP contribution in [0.3, 0.4) is 0 Å². The molecule has 1 nitrogen and oxygen atoms in total. The normalized spacial score (nSPS) is 11.0. The van der Waals surface area contributed by atoms with Crippen LogP contribution in [-0.2, 0) is 5.41 Å². The van der Waals surface area contributed by atoms with E-state index in [0.29, 0.717) is 0 Å². The van der Waals surface area contributed by atoms with Crippen LogP contribution in [0.2, 0.25) is 0 Å². The molecule has 0 atom stereocenters. The maximum Gasteiger partial charge on any atom is 0.0768 e. The van der Waals surface area contributed by atoms with Gasteiger partial charge < -0.3 is 0 Å². The maximum atomic E-state index is 8.99. The SMILES string of the molecule is Cc1ccc(C(C)(C)C#N)c(C)c1. The molecule has 0 saturated heterocycles. The average molecular weight is 173 g/mol. The van der Waals surface area contributed by atoms with Gasteiger partial charge >= 0.3 is 0 Å². The summed E-state index contributed by atoms with van der Waals surface area (Å²) in [4.78, 5) is 0. The number of benzene rings is 1. The smallest absolute Gasteiger partial charge is 0.0768 e. The lowest BCUT2D eigenvalue weighted by molar-refractivity contribution is 0.681. The van der Waals surface area contributed by atoms with E-state index in [0.717, 1.165) is 5.56 Å². The van der Waals surface area contributed by atoms with Crippen LogP contribution in [0.5, 0.6) is 0 Å². The van der Waals surface area contributed by atoms with Crippen LogP contribution in [0.1, 0.15) is 30.5 Å². The van der Waals surface area contributed by atoms with Crippen molar-refractivity contribution in [1.29, 1.82) is 5.26 Å². The lowest BCUT2D eigenvalue weighted by atomic mass is 9.83. The Hall–Kier alpha value is -1.29. The van der Waals surface area contributed by atoms with E-state index in [4.69, 9.17) is 5.26 Å². The second kappa shape index (κ2) is 3.22. The van der Waals surface area contributed by atoms with Crippen LogP contribution in [0.15, 0.2) is 18.2 Å². The molecule has 0 unspecified atom stereocenters. The Bertz CT molecular complexity index is 356. The zero-order chi connectivity index (χ0) is 10.1. The first kappa shape index (κ1) is 9.80. The lowest BCUT2D eigenvalue weighted by Gasteiger charge is -2.18. The highest BCUT2D eigenvalue weighted by atomic mass is 14.3. The molecule has 0 bridgehead atoms. The summed E-state index contributed by atoms with van der Waals surface area (Å²) >= 11 is 0. The topological polar surface area (TPSA) is 23.8 Å². The van der Waals surface area contributed by atoms with Crippen LogP contribution in [0.4, 0.5) is 0 Å². The number of rotatable bonds is 1. The summed E-state index contributed by atoms with van der Waals surface area (Å²) in [6.07, 6.45) is 0. The molecule has 13 heavy (non-hydrogen) atoms. The molecule has 0 heterocycles. The standard InChI is InChI=1S/C12H15N/c1-9-5-6-11(10(2)7-9)12(3,4)8-13/h5-7H,1-4H3. The molecule has 1 aromatic carbocycles. The second-order valence-corrected chi connectivity index (χ2v) is 4.06. The van der Waals surface area contributed by atoms with E-state index in [-0.39, 0.29) is 5.41 Å². The third-order valence-electron chi connectivity index (χ3n) is 2.33. The minimum absolute atomic E-state index is 0.377. The molecule has 1 aromatic rings. The average Bonchev–Trinajstić information content (AvgIpc) is 2.03. The van der Waals surface area contributed by atoms with Crippen molar-refractivity contribution in [3.8, 4) is 6.07 Å². The monoisotopic (exact) mass is 173 g/mol. The first-order chi connectivity index (χ1) is 5.97. The molecule has 0 amide bonds. The molecular formula is C12H15N. The van der Waals surface area contributed by atoms with Crippen LogP contribution in [0.25, 0.3) is 0 Å². The maximum absolute atomic E-state index is 8.99. The Morgan fingerprint density at radius 3 is 2.31 bits per heavy atom. The lowest BCUT2D eigenvalue weighted by Crippen LogP contribution is -2.15. The fourth-order valence-corrected chi connectivity index (χ4v) is 1.58. The molecule has 0 aliphatic carbocycles. The van der Waals surface area contributed by atoms with Crippen molar-refractivity contribution in [1.82, 2.24) is 0 Å². The van der Waals surface area contributed by atoms with Crippen LogP contribution < -0.4 is 0 Å². The fraction of sp³-hybridized carbons (Fsp3) is 0.417. The zero-order valence-corrected chi connectivity index (χ0v) is 8.68. The summed E-state index contributed by atoms with van der Waals surface area (Å²) in [5, 5.41) is 8.99. The quantitative estimate of drug-likeness (QED) is 0.640. The molecule has 0 fully saturated rings. The predicted octanol–water partition coefficient (Wildman–Crippen LogP) is 3.10. The van der Waals surface area contributed by atoms with Gasteiger partial charge in [-0.3, -0.25) is 0 Å². The van der Waals surface area contributed by atoms with Crippen molar-refractivity contribution in [2.75, 3.05) is 0 Å². The third kappa shape index (κ3) is 1.89. The summed E-state index contributed by atoms with van der Waals surface area (Å²) in [6, 6.07) is 8.54. The van der Waals surface area contributed by atoms with Gasteiger partial charge in [0.15, 0.2) is 0 Å². The summed E-state index contributed by atoms with van der Waals surface area (Å²) < 4.78 is 0. The first-order valence-corrected chi connectivity index (χ1v) is 4.46. The van der Waals surface area contributed by atoms with Crippen molar-refractivity contribution in [2.24, 2.45) is 0 Å². The minimum atomic E-state index is -0.377. The predicted molar refractivity (Wildman–Crippen MR) is 54.6 cm³/mol. The van der Waals surface area contributed by atoms with Crippen molar-refractivity contribution < 1.29 is 0 Å². The van der Waals surface area contributed by atoms with E-state index < -0.39 is 0 Å². The Balaban J connectivity index is 3.26. The molecular weight excluding hydrogens is 158 g/mol. The highest BCUT2D eigenvalue weighted by Gasteiger charge is 2.21. The summed E-state index contributed by atoms with van der Waals surface area (Å²) in [7, 11) is 0. The number of hydrogen-bond donors (Lipinski definition) is 0. The van der Waals surface area contributed by atoms with Gasteiger partial charge in [0.05, 0.1) is 11.5 Å². The second-order valence-electron chi connectivity index (χ2n) is 4.06. The van der Waals surface area contributed by atoms with Gasteiger partial charge in [-0.05, 0) is 38.8 Å². The van der Waals surface area contributed by atoms with Gasteiger partial charge in [0.1, 0.15) is 0 Å². The molecule has 0 N–H and O–H groups in total. The van der Waals surface area contributed by atoms with Crippen molar-refractivity contribution in [3.05, 3.63) is 34.9 Å². The van der Waals surface area contributed by atoms with Gasteiger partial charge in [0.2, 0.25) is 0 Å². The third-order valence-corrected chi connectivity index (χ3v) is 2.33. The Kier molecular flexibility index (Phi) is 2.43. The van der Waals surface area contributed by atoms with Crippen molar-refractivity contribution in [2.45, 2.75) is 33.1 Å². The highest BCUT2D eigenvalue weighted by Crippen LogP contribution is 2.25. The zero-order valence-electron chi connectivity index (χ0n) is 8.68. The Labute approximate surface area is 80.0 Å². The van der Waals surface area contributed by atoms with Crippen LogP contribution in [0, 0.1) is 25.2 Å². The molecule has 0 spiro atoms. The summed E-state index contributed by atoms with van der Waals surface area (Å²) in [5.41, 5.74) is 3.19. The van der Waals surface area contributed by atoms with Gasteiger partial charge in [-0.25, -0.2) is 0 Å². The Morgan fingerprint density at radius 1 is 1.23 bits per heavy atom. The van der Waals surface area contributed by atoms with Gasteiger partial charge in [-0.15, -0.1) is 0 Å². The number of nitrogens with zero attached hydrogens (tertiary/aromatic N) is 1. The van der Waals surface area contributed by atoms with Gasteiger partial charge in [-0.1, -0.05) is 23.8 Å². The van der Waals surface area contributed by atoms with E-state index in [9.17, 15) is 0 Å². The van der Waals surface area contributed by atoms with E-state index in [1.165, 1.54) is 11.1 Å². The molecule has 0 aliphatic rings. The summed E-state index contributed by atoms with van der Waals surface area (Å²) in [5.74, 6) is 0. The van der Waals surface area contributed by atoms with Crippen LogP contribution in [-0.4, -0.2) is 0 Å². The first-order valence-electron chi connectivity index (χ1n) is 4.46. The largest absolute Gasteiger partial charge is 0.197 e. The molecule has 1 rings (SSSR count). The summed E-state index contributed by atoms with van der Waals surface area (Å²) in [6.45, 7) is 8.02. The molecule has 1 heteroatoms. The fourth-order valence-electron chi connectivity index (χ4n) is 1.58. The van der Waals surface area contributed by atoms with E-state index in [2.05, 4.69) is 32.0 Å². The van der Waals surface area contributed by atoms with E-state index in [1.807, 2.05) is 19.9 Å². The van der Waals surface area contributed by atoms with Gasteiger partial charge in [-0.2, -0.15) is 5.26 Å². The molecule has 0 aromatic heterocycles. The van der Waals surface area contributed by atoms with Gasteiger partial charge in [0.25, 0.3) is 0 Å². The van der Waals surface area contributed by atoms with E-state index in [1.54, 1.807) is 0 Å². The number of nitriles is 1. The van der Waals surface area contributed by atoms with E-state index >= 15 is 0 Å². The minimum Gasteiger partial charge on any atom is -0.197 e. The van der Waals surface area contributed by atoms with Gasteiger partial charge in [0, 0.05) is 0 Å². The molecule has 0 radical (unpaired) electrons. The molecule has 0 saturated carbocycles. The van der Waals surface area contributed by atoms with Crippen molar-refractivity contribution in [3.63, 3.8) is 0 Å². The Morgan fingerprint density at radius 2 is 1.85 bits per heavy atom. The number of hydrogen-bond acceptors (Lipinski definition) is 1. The highest BCUT2D eigenvalue weighted by molar-refractivity contribution is 5.39. The molecule has 0 aliphatic heterocycles.